The van der Waals surface area contributed by atoms with Gasteiger partial charge in [-0.3, -0.25) is 4.98 Å². The number of nitrogens with zero attached hydrogens (tertiary/aromatic N) is 3. The molecular weight excluding hydrogens is 258 g/mol. The van der Waals surface area contributed by atoms with Gasteiger partial charge in [0.25, 0.3) is 0 Å². The summed E-state index contributed by atoms with van der Waals surface area (Å²) in [5.74, 6) is 0.349. The van der Waals surface area contributed by atoms with Crippen LogP contribution < -0.4 is 4.90 Å². The second-order valence-electron chi connectivity index (χ2n) is 4.52. The number of para-hydroxylation sites is 2. The van der Waals surface area contributed by atoms with Gasteiger partial charge < -0.3 is 14.4 Å². The number of fused-ring (bicyclic) bond motifs is 1. The number of benzene rings is 1. The maximum Gasteiger partial charge on any atom is 0.330 e. The molecule has 104 valence electrons. The molecule has 6 heteroatoms. The predicted octanol–water partition coefficient (Wildman–Crippen LogP) is 1.01. The van der Waals surface area contributed by atoms with Crippen molar-refractivity contribution >= 4 is 22.8 Å². The van der Waals surface area contributed by atoms with Crippen molar-refractivity contribution in [2.45, 2.75) is 6.04 Å². The van der Waals surface area contributed by atoms with Crippen LogP contribution in [-0.4, -0.2) is 48.8 Å². The van der Waals surface area contributed by atoms with Crippen LogP contribution in [0.5, 0.6) is 0 Å². The number of aromatic nitrogens is 2. The minimum absolute atomic E-state index is 0.307. The van der Waals surface area contributed by atoms with Gasteiger partial charge >= 0.3 is 5.97 Å². The van der Waals surface area contributed by atoms with Gasteiger partial charge in [0.2, 0.25) is 0 Å². The SMILES string of the molecule is COC(=O)C1COCCN1c1cnc2ccccc2n1. The van der Waals surface area contributed by atoms with Crippen molar-refractivity contribution < 1.29 is 14.3 Å². The van der Waals surface area contributed by atoms with Crippen molar-refractivity contribution in [1.82, 2.24) is 9.97 Å². The molecule has 2 heterocycles. The Bertz CT molecular complexity index is 632. The second-order valence-corrected chi connectivity index (χ2v) is 4.52. The highest BCUT2D eigenvalue weighted by atomic mass is 16.5. The Morgan fingerprint density at radius 3 is 3.00 bits per heavy atom. The first-order valence-electron chi connectivity index (χ1n) is 6.43. The van der Waals surface area contributed by atoms with Crippen LogP contribution in [0.3, 0.4) is 0 Å². The summed E-state index contributed by atoms with van der Waals surface area (Å²) in [7, 11) is 1.38. The number of rotatable bonds is 2. The topological polar surface area (TPSA) is 64.6 Å². The molecule has 0 amide bonds. The highest BCUT2D eigenvalue weighted by molar-refractivity contribution is 5.81. The summed E-state index contributed by atoms with van der Waals surface area (Å²) in [6.45, 7) is 1.45. The van der Waals surface area contributed by atoms with E-state index < -0.39 is 6.04 Å². The summed E-state index contributed by atoms with van der Waals surface area (Å²) in [6, 6.07) is 7.17. The van der Waals surface area contributed by atoms with Crippen molar-refractivity contribution in [3.8, 4) is 0 Å². The number of methoxy groups -OCH3 is 1. The van der Waals surface area contributed by atoms with Gasteiger partial charge in [0, 0.05) is 6.54 Å². The average molecular weight is 273 g/mol. The zero-order chi connectivity index (χ0) is 13.9. The molecule has 0 N–H and O–H groups in total. The Morgan fingerprint density at radius 2 is 2.20 bits per heavy atom. The quantitative estimate of drug-likeness (QED) is 0.761. The van der Waals surface area contributed by atoms with Crippen LogP contribution in [0.25, 0.3) is 11.0 Å². The molecule has 1 aliphatic rings. The molecule has 1 atom stereocenters. The van der Waals surface area contributed by atoms with E-state index in [1.165, 1.54) is 7.11 Å². The number of morpholine rings is 1. The largest absolute Gasteiger partial charge is 0.467 e. The smallest absolute Gasteiger partial charge is 0.330 e. The van der Waals surface area contributed by atoms with E-state index in [0.29, 0.717) is 25.6 Å². The molecule has 0 spiro atoms. The van der Waals surface area contributed by atoms with Crippen LogP contribution >= 0.6 is 0 Å². The van der Waals surface area contributed by atoms with Gasteiger partial charge in [-0.1, -0.05) is 12.1 Å². The van der Waals surface area contributed by atoms with Crippen LogP contribution in [0.2, 0.25) is 0 Å². The molecule has 1 aliphatic heterocycles. The molecule has 1 saturated heterocycles. The maximum atomic E-state index is 11.8. The Balaban J connectivity index is 1.96. The molecule has 6 nitrogen and oxygen atoms in total. The predicted molar refractivity (Wildman–Crippen MR) is 73.5 cm³/mol. The van der Waals surface area contributed by atoms with Gasteiger partial charge in [-0.15, -0.1) is 0 Å². The van der Waals surface area contributed by atoms with Crippen molar-refractivity contribution in [2.75, 3.05) is 31.8 Å². The van der Waals surface area contributed by atoms with Crippen LogP contribution in [0.15, 0.2) is 30.5 Å². The third kappa shape index (κ3) is 2.30. The summed E-state index contributed by atoms with van der Waals surface area (Å²) >= 11 is 0. The van der Waals surface area contributed by atoms with E-state index in [-0.39, 0.29) is 5.97 Å². The normalized spacial score (nSPS) is 19.1. The van der Waals surface area contributed by atoms with E-state index in [1.807, 2.05) is 29.2 Å². The zero-order valence-electron chi connectivity index (χ0n) is 11.2. The third-order valence-electron chi connectivity index (χ3n) is 3.33. The number of hydrogen-bond acceptors (Lipinski definition) is 6. The van der Waals surface area contributed by atoms with Gasteiger partial charge in [-0.25, -0.2) is 9.78 Å². The summed E-state index contributed by atoms with van der Waals surface area (Å²) in [5.41, 5.74) is 1.64. The van der Waals surface area contributed by atoms with Crippen molar-refractivity contribution in [3.63, 3.8) is 0 Å². The highest BCUT2D eigenvalue weighted by Crippen LogP contribution is 2.20. The van der Waals surface area contributed by atoms with E-state index in [0.717, 1.165) is 11.0 Å². The molecule has 0 saturated carbocycles. The lowest BCUT2D eigenvalue weighted by Gasteiger charge is -2.34. The van der Waals surface area contributed by atoms with Crippen LogP contribution in [-0.2, 0) is 14.3 Å². The minimum Gasteiger partial charge on any atom is -0.467 e. The molecule has 0 radical (unpaired) electrons. The molecule has 0 aliphatic carbocycles. The fraction of sp³-hybridized carbons (Fsp3) is 0.357. The standard InChI is InChI=1S/C14H15N3O3/c1-19-14(18)12-9-20-7-6-17(12)13-8-15-10-4-2-3-5-11(10)16-13/h2-5,8,12H,6-7,9H2,1H3. The Morgan fingerprint density at radius 1 is 1.40 bits per heavy atom. The van der Waals surface area contributed by atoms with Crippen LogP contribution in [0, 0.1) is 0 Å². The number of esters is 1. The van der Waals surface area contributed by atoms with Gasteiger partial charge in [0.1, 0.15) is 5.82 Å². The first kappa shape index (κ1) is 12.8. The monoisotopic (exact) mass is 273 g/mol. The fourth-order valence-electron chi connectivity index (χ4n) is 2.30. The fourth-order valence-corrected chi connectivity index (χ4v) is 2.30. The average Bonchev–Trinajstić information content (AvgIpc) is 2.53. The molecule has 1 unspecified atom stereocenters. The van der Waals surface area contributed by atoms with Crippen molar-refractivity contribution in [3.05, 3.63) is 30.5 Å². The van der Waals surface area contributed by atoms with E-state index in [4.69, 9.17) is 9.47 Å². The third-order valence-corrected chi connectivity index (χ3v) is 3.33. The number of ether oxygens (including phenoxy) is 2. The minimum atomic E-state index is -0.468. The molecule has 2 aromatic rings. The van der Waals surface area contributed by atoms with Crippen LogP contribution in [0.4, 0.5) is 5.82 Å². The summed E-state index contributed by atoms with van der Waals surface area (Å²) in [5, 5.41) is 0. The van der Waals surface area contributed by atoms with Crippen molar-refractivity contribution in [1.29, 1.82) is 0 Å². The Hall–Kier alpha value is -2.21. The van der Waals surface area contributed by atoms with E-state index in [9.17, 15) is 4.79 Å². The Kier molecular flexibility index (Phi) is 3.47. The lowest BCUT2D eigenvalue weighted by Crippen LogP contribution is -2.51. The molecule has 1 fully saturated rings. The zero-order valence-corrected chi connectivity index (χ0v) is 11.2. The number of hydrogen-bond donors (Lipinski definition) is 0. The summed E-state index contributed by atoms with van der Waals surface area (Å²) in [6.07, 6.45) is 1.68. The van der Waals surface area contributed by atoms with Crippen molar-refractivity contribution in [2.24, 2.45) is 0 Å². The maximum absolute atomic E-state index is 11.8. The first-order valence-corrected chi connectivity index (χ1v) is 6.43. The molecule has 3 rings (SSSR count). The molecule has 0 bridgehead atoms. The lowest BCUT2D eigenvalue weighted by atomic mass is 10.2. The number of anilines is 1. The van der Waals surface area contributed by atoms with Gasteiger partial charge in [-0.05, 0) is 12.1 Å². The first-order chi connectivity index (χ1) is 9.79. The summed E-state index contributed by atoms with van der Waals surface area (Å²) < 4.78 is 10.2. The summed E-state index contributed by atoms with van der Waals surface area (Å²) in [4.78, 5) is 22.7. The van der Waals surface area contributed by atoms with Crippen LogP contribution in [0.1, 0.15) is 0 Å². The lowest BCUT2D eigenvalue weighted by molar-refractivity contribution is -0.144. The molecule has 1 aromatic heterocycles. The van der Waals surface area contributed by atoms with Gasteiger partial charge in [-0.2, -0.15) is 0 Å². The molecule has 1 aromatic carbocycles. The van der Waals surface area contributed by atoms with Gasteiger partial charge in [0.05, 0.1) is 37.6 Å². The Labute approximate surface area is 116 Å². The van der Waals surface area contributed by atoms with E-state index in [1.54, 1.807) is 6.20 Å². The number of carbonyl (C=O) groups excluding carboxylic acids is 1. The molecular formula is C14H15N3O3. The number of carbonyl (C=O) groups is 1. The van der Waals surface area contributed by atoms with E-state index >= 15 is 0 Å². The van der Waals surface area contributed by atoms with Gasteiger partial charge in [0.15, 0.2) is 6.04 Å². The second kappa shape index (κ2) is 5.42. The molecule has 20 heavy (non-hydrogen) atoms. The van der Waals surface area contributed by atoms with E-state index in [2.05, 4.69) is 9.97 Å². The highest BCUT2D eigenvalue weighted by Gasteiger charge is 2.31.